The summed E-state index contributed by atoms with van der Waals surface area (Å²) in [6, 6.07) is 4.11. The number of hydrogen-bond acceptors (Lipinski definition) is 2. The number of carbonyl (C=O) groups is 1. The molecule has 0 aliphatic carbocycles. The van der Waals surface area contributed by atoms with Crippen LogP contribution in [0.25, 0.3) is 0 Å². The van der Waals surface area contributed by atoms with Gasteiger partial charge in [0.25, 0.3) is 0 Å². The first-order valence-electron chi connectivity index (χ1n) is 4.85. The first kappa shape index (κ1) is 12.8. The normalized spacial score (nSPS) is 14.2. The van der Waals surface area contributed by atoms with Crippen LogP contribution in [-0.4, -0.2) is 16.6 Å². The highest BCUT2D eigenvalue weighted by Gasteiger charge is 2.30. The van der Waals surface area contributed by atoms with Gasteiger partial charge in [-0.1, -0.05) is 18.5 Å². The molecule has 0 heterocycles. The molecule has 3 nitrogen and oxygen atoms in total. The molecule has 5 heteroatoms. The van der Waals surface area contributed by atoms with E-state index in [1.807, 2.05) is 0 Å². The number of benzene rings is 1. The third kappa shape index (κ3) is 2.64. The van der Waals surface area contributed by atoms with Crippen molar-refractivity contribution >= 4 is 23.3 Å². The number of halogens is 2. The van der Waals surface area contributed by atoms with Crippen LogP contribution in [0.15, 0.2) is 18.2 Å². The van der Waals surface area contributed by atoms with Gasteiger partial charge in [0.1, 0.15) is 11.4 Å². The Hall–Kier alpha value is -1.29. The molecular formula is C11H13ClFNO2. The Labute approximate surface area is 98.2 Å². The highest BCUT2D eigenvalue weighted by atomic mass is 35.5. The predicted molar refractivity (Wildman–Crippen MR) is 61.4 cm³/mol. The zero-order valence-corrected chi connectivity index (χ0v) is 9.81. The first-order chi connectivity index (χ1) is 7.39. The molecule has 1 aromatic rings. The summed E-state index contributed by atoms with van der Waals surface area (Å²) in [5.74, 6) is -1.55. The van der Waals surface area contributed by atoms with E-state index in [2.05, 4.69) is 5.32 Å². The Morgan fingerprint density at radius 1 is 1.62 bits per heavy atom. The van der Waals surface area contributed by atoms with Crippen molar-refractivity contribution < 1.29 is 14.3 Å². The molecule has 0 aliphatic heterocycles. The van der Waals surface area contributed by atoms with E-state index in [1.165, 1.54) is 12.1 Å². The first-order valence-corrected chi connectivity index (χ1v) is 5.23. The lowest BCUT2D eigenvalue weighted by molar-refractivity contribution is -0.141. The third-order valence-electron chi connectivity index (χ3n) is 2.52. The van der Waals surface area contributed by atoms with Crippen molar-refractivity contribution in [1.29, 1.82) is 0 Å². The second-order valence-electron chi connectivity index (χ2n) is 3.74. The summed E-state index contributed by atoms with van der Waals surface area (Å²) >= 11 is 5.53. The van der Waals surface area contributed by atoms with Crippen LogP contribution in [0, 0.1) is 5.82 Å². The second kappa shape index (κ2) is 4.70. The van der Waals surface area contributed by atoms with Gasteiger partial charge < -0.3 is 10.4 Å². The van der Waals surface area contributed by atoms with E-state index in [9.17, 15) is 9.18 Å². The minimum Gasteiger partial charge on any atom is -0.480 e. The number of carboxylic acid groups (broad SMARTS) is 1. The van der Waals surface area contributed by atoms with Gasteiger partial charge in [-0.3, -0.25) is 0 Å². The Balaban J connectivity index is 2.95. The summed E-state index contributed by atoms with van der Waals surface area (Å²) in [6.07, 6.45) is 0.382. The standard InChI is InChI=1S/C11H13ClFNO2/c1-3-11(2,10(15)16)14-7-4-5-8(12)9(13)6-7/h4-6,14H,3H2,1-2H3,(H,15,16). The fourth-order valence-electron chi connectivity index (χ4n) is 1.19. The number of rotatable bonds is 4. The zero-order valence-electron chi connectivity index (χ0n) is 9.05. The fraction of sp³-hybridized carbons (Fsp3) is 0.364. The van der Waals surface area contributed by atoms with Crippen LogP contribution in [0.4, 0.5) is 10.1 Å². The molecule has 16 heavy (non-hydrogen) atoms. The average molecular weight is 246 g/mol. The van der Waals surface area contributed by atoms with Crippen LogP contribution in [-0.2, 0) is 4.79 Å². The summed E-state index contributed by atoms with van der Waals surface area (Å²) in [6.45, 7) is 3.29. The van der Waals surface area contributed by atoms with Gasteiger partial charge in [0.15, 0.2) is 0 Å². The van der Waals surface area contributed by atoms with Gasteiger partial charge in [0.05, 0.1) is 5.02 Å². The van der Waals surface area contributed by atoms with E-state index in [-0.39, 0.29) is 5.02 Å². The van der Waals surface area contributed by atoms with Crippen LogP contribution < -0.4 is 5.32 Å². The van der Waals surface area contributed by atoms with Gasteiger partial charge in [0.2, 0.25) is 0 Å². The van der Waals surface area contributed by atoms with Crippen molar-refractivity contribution in [3.05, 3.63) is 29.0 Å². The molecule has 0 saturated heterocycles. The lowest BCUT2D eigenvalue weighted by Crippen LogP contribution is -2.42. The molecular weight excluding hydrogens is 233 g/mol. The lowest BCUT2D eigenvalue weighted by atomic mass is 9.99. The highest BCUT2D eigenvalue weighted by molar-refractivity contribution is 6.30. The number of anilines is 1. The van der Waals surface area contributed by atoms with Gasteiger partial charge in [-0.15, -0.1) is 0 Å². The van der Waals surface area contributed by atoms with E-state index < -0.39 is 17.3 Å². The maximum Gasteiger partial charge on any atom is 0.329 e. The van der Waals surface area contributed by atoms with Gasteiger partial charge >= 0.3 is 5.97 Å². The third-order valence-corrected chi connectivity index (χ3v) is 2.83. The molecule has 0 saturated carbocycles. The SMILES string of the molecule is CCC(C)(Nc1ccc(Cl)c(F)c1)C(=O)O. The summed E-state index contributed by atoms with van der Waals surface area (Å²) in [5.41, 5.74) is -0.714. The minimum absolute atomic E-state index is 0.0130. The van der Waals surface area contributed by atoms with Crippen LogP contribution in [0.1, 0.15) is 20.3 Å². The summed E-state index contributed by atoms with van der Waals surface area (Å²) < 4.78 is 13.1. The van der Waals surface area contributed by atoms with Crippen molar-refractivity contribution in [2.24, 2.45) is 0 Å². The molecule has 0 amide bonds. The average Bonchev–Trinajstić information content (AvgIpc) is 2.23. The van der Waals surface area contributed by atoms with Gasteiger partial charge in [-0.25, -0.2) is 9.18 Å². The molecule has 2 N–H and O–H groups in total. The topological polar surface area (TPSA) is 49.3 Å². The zero-order chi connectivity index (χ0) is 12.3. The highest BCUT2D eigenvalue weighted by Crippen LogP contribution is 2.23. The number of nitrogens with one attached hydrogen (secondary N) is 1. The number of carboxylic acids is 1. The van der Waals surface area contributed by atoms with Gasteiger partial charge in [-0.05, 0) is 31.5 Å². The van der Waals surface area contributed by atoms with E-state index in [1.54, 1.807) is 19.9 Å². The van der Waals surface area contributed by atoms with Crippen molar-refractivity contribution in [3.63, 3.8) is 0 Å². The smallest absolute Gasteiger partial charge is 0.329 e. The molecule has 88 valence electrons. The summed E-state index contributed by atoms with van der Waals surface area (Å²) in [7, 11) is 0. The van der Waals surface area contributed by atoms with Crippen LogP contribution >= 0.6 is 11.6 Å². The van der Waals surface area contributed by atoms with Crippen molar-refractivity contribution in [1.82, 2.24) is 0 Å². The summed E-state index contributed by atoms with van der Waals surface area (Å²) in [5, 5.41) is 11.8. The van der Waals surface area contributed by atoms with E-state index >= 15 is 0 Å². The molecule has 1 rings (SSSR count). The number of hydrogen-bond donors (Lipinski definition) is 2. The van der Waals surface area contributed by atoms with Crippen molar-refractivity contribution in [2.45, 2.75) is 25.8 Å². The molecule has 1 aromatic carbocycles. The summed E-state index contributed by atoms with van der Waals surface area (Å²) in [4.78, 5) is 11.0. The largest absolute Gasteiger partial charge is 0.480 e. The fourth-order valence-corrected chi connectivity index (χ4v) is 1.30. The predicted octanol–water partition coefficient (Wildman–Crippen LogP) is 3.14. The molecule has 0 radical (unpaired) electrons. The van der Waals surface area contributed by atoms with Gasteiger partial charge in [-0.2, -0.15) is 0 Å². The Morgan fingerprint density at radius 3 is 2.69 bits per heavy atom. The van der Waals surface area contributed by atoms with E-state index in [0.717, 1.165) is 0 Å². The molecule has 1 atom stereocenters. The molecule has 0 aliphatic rings. The number of aliphatic carboxylic acids is 1. The molecule has 0 spiro atoms. The van der Waals surface area contributed by atoms with Crippen molar-refractivity contribution in [3.8, 4) is 0 Å². The molecule has 0 bridgehead atoms. The molecule has 0 fully saturated rings. The maximum atomic E-state index is 13.1. The minimum atomic E-state index is -1.11. The van der Waals surface area contributed by atoms with Crippen LogP contribution in [0.2, 0.25) is 5.02 Å². The van der Waals surface area contributed by atoms with Crippen LogP contribution in [0.5, 0.6) is 0 Å². The Morgan fingerprint density at radius 2 is 2.25 bits per heavy atom. The molecule has 0 aromatic heterocycles. The maximum absolute atomic E-state index is 13.1. The quantitative estimate of drug-likeness (QED) is 0.857. The monoisotopic (exact) mass is 245 g/mol. The lowest BCUT2D eigenvalue weighted by Gasteiger charge is -2.25. The van der Waals surface area contributed by atoms with Gasteiger partial charge in [0, 0.05) is 5.69 Å². The molecule has 1 unspecified atom stereocenters. The second-order valence-corrected chi connectivity index (χ2v) is 4.15. The van der Waals surface area contributed by atoms with E-state index in [0.29, 0.717) is 12.1 Å². The Kier molecular flexibility index (Phi) is 3.75. The van der Waals surface area contributed by atoms with Crippen LogP contribution in [0.3, 0.4) is 0 Å². The Bertz CT molecular complexity index is 411. The van der Waals surface area contributed by atoms with Crippen molar-refractivity contribution in [2.75, 3.05) is 5.32 Å². The van der Waals surface area contributed by atoms with E-state index in [4.69, 9.17) is 16.7 Å².